The Morgan fingerprint density at radius 3 is 2.82 bits per heavy atom. The summed E-state index contributed by atoms with van der Waals surface area (Å²) < 4.78 is 0. The second-order valence-electron chi connectivity index (χ2n) is 5.18. The van der Waals surface area contributed by atoms with E-state index in [2.05, 4.69) is 31.2 Å². The molecule has 1 saturated carbocycles. The van der Waals surface area contributed by atoms with Crippen molar-refractivity contribution in [3.8, 4) is 0 Å². The molecule has 2 unspecified atom stereocenters. The number of carboxylic acids is 1. The lowest BCUT2D eigenvalue weighted by Gasteiger charge is -2.28. The van der Waals surface area contributed by atoms with E-state index < -0.39 is 5.97 Å². The van der Waals surface area contributed by atoms with Gasteiger partial charge < -0.3 is 5.11 Å². The summed E-state index contributed by atoms with van der Waals surface area (Å²) in [5.41, 5.74) is 2.54. The molecule has 0 saturated heterocycles. The van der Waals surface area contributed by atoms with E-state index >= 15 is 0 Å². The van der Waals surface area contributed by atoms with Gasteiger partial charge in [-0.1, -0.05) is 42.7 Å². The Morgan fingerprint density at radius 2 is 2.12 bits per heavy atom. The minimum Gasteiger partial charge on any atom is -0.481 e. The third-order valence-electron chi connectivity index (χ3n) is 3.81. The third kappa shape index (κ3) is 3.09. The molecule has 0 amide bonds. The highest BCUT2D eigenvalue weighted by Crippen LogP contribution is 2.32. The molecule has 0 heterocycles. The highest BCUT2D eigenvalue weighted by molar-refractivity contribution is 5.70. The summed E-state index contributed by atoms with van der Waals surface area (Å²) in [6, 6.07) is 8.43. The van der Waals surface area contributed by atoms with Crippen molar-refractivity contribution in [2.24, 2.45) is 11.8 Å². The van der Waals surface area contributed by atoms with Crippen LogP contribution in [0.2, 0.25) is 0 Å². The Bertz CT molecular complexity index is 398. The number of benzene rings is 1. The van der Waals surface area contributed by atoms with Gasteiger partial charge in [-0.3, -0.25) is 4.79 Å². The van der Waals surface area contributed by atoms with E-state index in [9.17, 15) is 9.90 Å². The summed E-state index contributed by atoms with van der Waals surface area (Å²) in [4.78, 5) is 11.2. The van der Waals surface area contributed by atoms with Gasteiger partial charge in [0.25, 0.3) is 0 Å². The minimum atomic E-state index is -0.609. The predicted molar refractivity (Wildman–Crippen MR) is 68.0 cm³/mol. The van der Waals surface area contributed by atoms with Gasteiger partial charge in [0.05, 0.1) is 5.92 Å². The number of hydrogen-bond donors (Lipinski definition) is 1. The third-order valence-corrected chi connectivity index (χ3v) is 3.81. The van der Waals surface area contributed by atoms with Gasteiger partial charge in [-0.15, -0.1) is 0 Å². The summed E-state index contributed by atoms with van der Waals surface area (Å²) >= 11 is 0. The largest absolute Gasteiger partial charge is 0.481 e. The van der Waals surface area contributed by atoms with Gasteiger partial charge in [-0.25, -0.2) is 0 Å². The maximum absolute atomic E-state index is 11.2. The zero-order valence-electron chi connectivity index (χ0n) is 10.4. The van der Waals surface area contributed by atoms with E-state index in [1.807, 2.05) is 0 Å². The molecule has 1 aromatic carbocycles. The van der Waals surface area contributed by atoms with Gasteiger partial charge in [0.15, 0.2) is 0 Å². The van der Waals surface area contributed by atoms with Crippen LogP contribution in [0.15, 0.2) is 24.3 Å². The molecule has 0 radical (unpaired) electrons. The Balaban J connectivity index is 2.08. The van der Waals surface area contributed by atoms with Gasteiger partial charge in [0.2, 0.25) is 0 Å². The molecule has 0 aromatic heterocycles. The molecule has 0 spiro atoms. The molecule has 17 heavy (non-hydrogen) atoms. The van der Waals surface area contributed by atoms with Gasteiger partial charge >= 0.3 is 5.97 Å². The molecule has 0 aliphatic heterocycles. The minimum absolute atomic E-state index is 0.135. The smallest absolute Gasteiger partial charge is 0.306 e. The molecule has 1 N–H and O–H groups in total. The van der Waals surface area contributed by atoms with Crippen LogP contribution in [0.25, 0.3) is 0 Å². The topological polar surface area (TPSA) is 37.3 Å². The summed E-state index contributed by atoms with van der Waals surface area (Å²) in [6.07, 6.45) is 5.08. The summed E-state index contributed by atoms with van der Waals surface area (Å²) in [5, 5.41) is 9.24. The van der Waals surface area contributed by atoms with Crippen molar-refractivity contribution in [1.82, 2.24) is 0 Å². The second kappa shape index (κ2) is 5.35. The maximum Gasteiger partial charge on any atom is 0.306 e. The van der Waals surface area contributed by atoms with Crippen LogP contribution in [0.1, 0.15) is 36.8 Å². The van der Waals surface area contributed by atoms with Gasteiger partial charge in [0.1, 0.15) is 0 Å². The van der Waals surface area contributed by atoms with Crippen LogP contribution in [0.4, 0.5) is 0 Å². The monoisotopic (exact) mass is 232 g/mol. The normalized spacial score (nSPS) is 24.5. The van der Waals surface area contributed by atoms with Gasteiger partial charge in [-0.05, 0) is 37.7 Å². The van der Waals surface area contributed by atoms with Crippen molar-refractivity contribution in [2.75, 3.05) is 0 Å². The van der Waals surface area contributed by atoms with Crippen molar-refractivity contribution < 1.29 is 9.90 Å². The van der Waals surface area contributed by atoms with Crippen molar-refractivity contribution >= 4 is 5.97 Å². The number of aliphatic carboxylic acids is 1. The highest BCUT2D eigenvalue weighted by Gasteiger charge is 2.30. The zero-order valence-corrected chi connectivity index (χ0v) is 10.4. The molecule has 2 heteroatoms. The molecule has 92 valence electrons. The van der Waals surface area contributed by atoms with E-state index in [1.165, 1.54) is 17.5 Å². The van der Waals surface area contributed by atoms with Crippen LogP contribution in [0.3, 0.4) is 0 Å². The molecule has 2 nitrogen and oxygen atoms in total. The molecule has 1 aliphatic rings. The van der Waals surface area contributed by atoms with E-state index in [4.69, 9.17) is 0 Å². The Labute approximate surface area is 103 Å². The van der Waals surface area contributed by atoms with Crippen LogP contribution in [-0.4, -0.2) is 11.1 Å². The van der Waals surface area contributed by atoms with Crippen LogP contribution in [0, 0.1) is 18.8 Å². The fourth-order valence-corrected chi connectivity index (χ4v) is 2.92. The van der Waals surface area contributed by atoms with Crippen molar-refractivity contribution in [3.63, 3.8) is 0 Å². The Kier molecular flexibility index (Phi) is 3.82. The number of hydrogen-bond acceptors (Lipinski definition) is 1. The second-order valence-corrected chi connectivity index (χ2v) is 5.18. The first-order valence-corrected chi connectivity index (χ1v) is 6.45. The Hall–Kier alpha value is -1.31. The first-order chi connectivity index (χ1) is 8.16. The van der Waals surface area contributed by atoms with E-state index in [1.54, 1.807) is 0 Å². The van der Waals surface area contributed by atoms with E-state index in [0.29, 0.717) is 5.92 Å². The predicted octanol–water partition coefficient (Wildman–Crippen LogP) is 3.43. The zero-order chi connectivity index (χ0) is 12.3. The fourth-order valence-electron chi connectivity index (χ4n) is 2.92. The van der Waals surface area contributed by atoms with Crippen LogP contribution >= 0.6 is 0 Å². The lowest BCUT2D eigenvalue weighted by atomic mass is 9.76. The fraction of sp³-hybridized carbons (Fsp3) is 0.533. The quantitative estimate of drug-likeness (QED) is 0.867. The van der Waals surface area contributed by atoms with Crippen molar-refractivity contribution in [2.45, 2.75) is 39.0 Å². The maximum atomic E-state index is 11.2. The van der Waals surface area contributed by atoms with Crippen LogP contribution in [0.5, 0.6) is 0 Å². The number of aryl methyl sites for hydroxylation is 1. The number of carboxylic acid groups (broad SMARTS) is 1. The average molecular weight is 232 g/mol. The molecule has 1 aliphatic carbocycles. The molecule has 2 atom stereocenters. The molecule has 2 rings (SSSR count). The first kappa shape index (κ1) is 12.2. The molecular weight excluding hydrogens is 212 g/mol. The highest BCUT2D eigenvalue weighted by atomic mass is 16.4. The van der Waals surface area contributed by atoms with E-state index in [0.717, 1.165) is 25.7 Å². The van der Waals surface area contributed by atoms with Gasteiger partial charge in [-0.2, -0.15) is 0 Å². The van der Waals surface area contributed by atoms with Gasteiger partial charge in [0, 0.05) is 0 Å². The molecule has 1 fully saturated rings. The van der Waals surface area contributed by atoms with Crippen LogP contribution in [-0.2, 0) is 11.2 Å². The molecule has 0 bridgehead atoms. The average Bonchev–Trinajstić information content (AvgIpc) is 2.29. The van der Waals surface area contributed by atoms with Crippen molar-refractivity contribution in [3.05, 3.63) is 35.4 Å². The number of rotatable bonds is 3. The standard InChI is InChI=1S/C15H20O2/c1-11-5-4-6-12(9-11)10-13-7-2-3-8-14(13)15(16)17/h4-6,9,13-14H,2-3,7-8,10H2,1H3,(H,16,17). The summed E-state index contributed by atoms with van der Waals surface area (Å²) in [5.74, 6) is -0.422. The van der Waals surface area contributed by atoms with Crippen LogP contribution < -0.4 is 0 Å². The lowest BCUT2D eigenvalue weighted by molar-refractivity contribution is -0.144. The SMILES string of the molecule is Cc1cccc(CC2CCCCC2C(=O)O)c1. The van der Waals surface area contributed by atoms with E-state index in [-0.39, 0.29) is 5.92 Å². The Morgan fingerprint density at radius 1 is 1.35 bits per heavy atom. The molecular formula is C15H20O2. The summed E-state index contributed by atoms with van der Waals surface area (Å²) in [6.45, 7) is 2.08. The number of carbonyl (C=O) groups is 1. The van der Waals surface area contributed by atoms with Crippen molar-refractivity contribution in [1.29, 1.82) is 0 Å². The summed E-state index contributed by atoms with van der Waals surface area (Å²) in [7, 11) is 0. The lowest BCUT2D eigenvalue weighted by Crippen LogP contribution is -2.28. The molecule has 1 aromatic rings. The first-order valence-electron chi connectivity index (χ1n) is 6.45.